The van der Waals surface area contributed by atoms with Crippen LogP contribution < -0.4 is 10.1 Å². The maximum atomic E-state index is 10.9. The normalized spacial score (nSPS) is 23.5. The summed E-state index contributed by atoms with van der Waals surface area (Å²) in [5.74, 6) is 0.303. The highest BCUT2D eigenvalue weighted by Gasteiger charge is 2.39. The van der Waals surface area contributed by atoms with Crippen LogP contribution in [0.1, 0.15) is 32.1 Å². The van der Waals surface area contributed by atoms with Crippen LogP contribution in [0, 0.1) is 10.1 Å². The number of benzene rings is 1. The lowest BCUT2D eigenvalue weighted by molar-refractivity contribution is -0.575. The number of fused-ring (bicyclic) bond motifs is 5. The van der Waals surface area contributed by atoms with Crippen LogP contribution >= 0.6 is 11.8 Å². The van der Waals surface area contributed by atoms with E-state index in [1.165, 1.54) is 31.2 Å². The van der Waals surface area contributed by atoms with Gasteiger partial charge in [0, 0.05) is 13.0 Å². The zero-order valence-corrected chi connectivity index (χ0v) is 14.3. The Morgan fingerprint density at radius 2 is 1.96 bits per heavy atom. The van der Waals surface area contributed by atoms with Gasteiger partial charge in [-0.05, 0) is 30.7 Å². The van der Waals surface area contributed by atoms with Crippen molar-refractivity contribution in [3.63, 3.8) is 0 Å². The predicted molar refractivity (Wildman–Crippen MR) is 87.6 cm³/mol. The molecule has 3 unspecified atom stereocenters. The van der Waals surface area contributed by atoms with E-state index < -0.39 is 17.3 Å². The van der Waals surface area contributed by atoms with Crippen molar-refractivity contribution < 1.29 is 28.8 Å². The van der Waals surface area contributed by atoms with Crippen LogP contribution in [0.25, 0.3) is 0 Å². The highest BCUT2D eigenvalue weighted by atomic mass is 32.2. The minimum atomic E-state index is -1.49. The van der Waals surface area contributed by atoms with E-state index in [2.05, 4.69) is 14.8 Å². The number of hydrogen-bond acceptors (Lipinski definition) is 8. The summed E-state index contributed by atoms with van der Waals surface area (Å²) in [4.78, 5) is 42.2. The number of thioether (sulfide) groups is 1. The van der Waals surface area contributed by atoms with Crippen molar-refractivity contribution in [1.29, 1.82) is 0 Å². The van der Waals surface area contributed by atoms with E-state index in [-0.39, 0.29) is 22.3 Å². The van der Waals surface area contributed by atoms with E-state index in [0.717, 1.165) is 18.2 Å². The van der Waals surface area contributed by atoms with E-state index >= 15 is 0 Å². The summed E-state index contributed by atoms with van der Waals surface area (Å²) >= 11 is 1.13. The van der Waals surface area contributed by atoms with E-state index in [1.807, 2.05) is 6.92 Å². The number of carbonyl (C=O) groups excluding carboxylic acids is 3. The number of hydrogen-bond donors (Lipinski definition) is 1. The topological polar surface area (TPSA) is 125 Å². The number of amides is 1. The Hall–Kier alpha value is -2.62. The van der Waals surface area contributed by atoms with Crippen molar-refractivity contribution in [2.45, 2.75) is 37.8 Å². The molecule has 1 N–H and O–H groups in total. The second-order valence-corrected chi connectivity index (χ2v) is 6.55. The number of nitrogens with one attached hydrogen (secondary N) is 1. The number of β-lactam (4-membered cyclic amide) rings is 1. The van der Waals surface area contributed by atoms with Gasteiger partial charge in [-0.2, -0.15) is 0 Å². The molecule has 0 aromatic heterocycles. The molecule has 3 aliphatic heterocycles. The number of carbonyl (C=O) groups is 3. The van der Waals surface area contributed by atoms with Gasteiger partial charge in [-0.15, -0.1) is 0 Å². The summed E-state index contributed by atoms with van der Waals surface area (Å²) in [5, 5.41) is 13.2. The Morgan fingerprint density at radius 3 is 2.44 bits per heavy atom. The lowest BCUT2D eigenvalue weighted by atomic mass is 10.0. The molecule has 1 saturated heterocycles. The molecule has 9 nitrogen and oxygen atoms in total. The first kappa shape index (κ1) is 18.7. The molecule has 0 aliphatic carbocycles. The fraction of sp³-hybridized carbons (Fsp3) is 0.400. The van der Waals surface area contributed by atoms with Gasteiger partial charge in [0.25, 0.3) is 0 Å². The van der Waals surface area contributed by atoms with Crippen LogP contribution in [-0.2, 0) is 14.3 Å². The Labute approximate surface area is 147 Å². The molecule has 3 heterocycles. The van der Waals surface area contributed by atoms with Crippen LogP contribution in [0.3, 0.4) is 0 Å². The molecule has 4 rings (SSSR count). The van der Waals surface area contributed by atoms with Crippen molar-refractivity contribution in [2.75, 3.05) is 0 Å². The quantitative estimate of drug-likeness (QED) is 0.282. The highest BCUT2D eigenvalue weighted by Crippen LogP contribution is 2.25. The van der Waals surface area contributed by atoms with Gasteiger partial charge in [0.2, 0.25) is 5.91 Å². The predicted octanol–water partition coefficient (Wildman–Crippen LogP) is 2.03. The van der Waals surface area contributed by atoms with E-state index in [1.54, 1.807) is 0 Å². The van der Waals surface area contributed by atoms with E-state index in [9.17, 15) is 24.5 Å². The minimum absolute atomic E-state index is 0.00273. The summed E-state index contributed by atoms with van der Waals surface area (Å²) in [6.07, 6.45) is -1.65. The Morgan fingerprint density at radius 1 is 1.32 bits per heavy atom. The molecule has 10 heteroatoms. The van der Waals surface area contributed by atoms with Crippen LogP contribution in [0.5, 0.6) is 5.75 Å². The Bertz CT molecular complexity index is 692. The molecule has 1 aromatic carbocycles. The van der Waals surface area contributed by atoms with Gasteiger partial charge in [0.1, 0.15) is 11.0 Å². The molecule has 1 amide bonds. The molecule has 0 spiro atoms. The van der Waals surface area contributed by atoms with Gasteiger partial charge in [-0.25, -0.2) is 4.79 Å². The summed E-state index contributed by atoms with van der Waals surface area (Å²) < 4.78 is 9.09. The number of nitrogens with zero attached hydrogens (tertiary/aromatic N) is 1. The zero-order chi connectivity index (χ0) is 18.6. The smallest absolute Gasteiger partial charge is 0.395 e. The molecule has 2 bridgehead atoms. The highest BCUT2D eigenvalue weighted by molar-refractivity contribution is 8.14. The number of rotatable bonds is 3. The third-order valence-electron chi connectivity index (χ3n) is 3.45. The van der Waals surface area contributed by atoms with Gasteiger partial charge in [-0.3, -0.25) is 19.7 Å². The van der Waals surface area contributed by atoms with Gasteiger partial charge >= 0.3 is 12.4 Å². The fourth-order valence-corrected chi connectivity index (χ4v) is 3.16. The first-order valence-electron chi connectivity index (χ1n) is 7.41. The monoisotopic (exact) mass is 368 g/mol. The maximum Gasteiger partial charge on any atom is 0.519 e. The summed E-state index contributed by atoms with van der Waals surface area (Å²) in [5.41, 5.74) is 0.315. The summed E-state index contributed by atoms with van der Waals surface area (Å²) in [6, 6.07) is 6.12. The molecule has 0 saturated carbocycles. The maximum absolute atomic E-state index is 10.9. The molecular formula is C15H16N2O7S. The summed E-state index contributed by atoms with van der Waals surface area (Å²) in [6.45, 7) is 3.49. The first-order chi connectivity index (χ1) is 11.8. The minimum Gasteiger partial charge on any atom is -0.395 e. The molecule has 25 heavy (non-hydrogen) atoms. The van der Waals surface area contributed by atoms with Crippen LogP contribution in [-0.4, -0.2) is 33.4 Å². The Balaban J connectivity index is 0.000000186. The largest absolute Gasteiger partial charge is 0.519 e. The van der Waals surface area contributed by atoms with Gasteiger partial charge < -0.3 is 14.8 Å². The standard InChI is InChI=1S/C8H5NO5.C7H11NO2S/c10-8-13-6-3-1-5(2-4-6)7(14-8)9(11)12;1-3-5-6(7(10)8-5)11-4(2)9/h1-4,7H;5-6H,3H2,1-2H3,(H,8,10). The van der Waals surface area contributed by atoms with Crippen molar-refractivity contribution in [3.05, 3.63) is 39.9 Å². The van der Waals surface area contributed by atoms with Crippen molar-refractivity contribution in [3.8, 4) is 5.75 Å². The third kappa shape index (κ3) is 4.69. The molecule has 3 aliphatic rings. The zero-order valence-electron chi connectivity index (χ0n) is 13.5. The molecule has 3 atom stereocenters. The third-order valence-corrected chi connectivity index (χ3v) is 4.58. The molecule has 1 aromatic rings. The van der Waals surface area contributed by atoms with Crippen molar-refractivity contribution in [1.82, 2.24) is 5.32 Å². The first-order valence-corrected chi connectivity index (χ1v) is 8.29. The SMILES string of the molecule is CCC1NC(=O)C1SC(C)=O.O=C1Oc2ccc(cc2)C([N+](=O)[O-])O1. The Kier molecular flexibility index (Phi) is 5.97. The van der Waals surface area contributed by atoms with Gasteiger partial charge in [-0.1, -0.05) is 18.7 Å². The lowest BCUT2D eigenvalue weighted by Crippen LogP contribution is -2.60. The lowest BCUT2D eigenvalue weighted by Gasteiger charge is -2.34. The fourth-order valence-electron chi connectivity index (χ4n) is 2.20. The average Bonchev–Trinajstić information content (AvgIpc) is 2.54. The van der Waals surface area contributed by atoms with Crippen molar-refractivity contribution in [2.24, 2.45) is 0 Å². The second kappa shape index (κ2) is 7.97. The molecular weight excluding hydrogens is 352 g/mol. The second-order valence-electron chi connectivity index (χ2n) is 5.23. The van der Waals surface area contributed by atoms with Gasteiger partial charge in [0.15, 0.2) is 5.12 Å². The number of ether oxygens (including phenoxy) is 2. The van der Waals surface area contributed by atoms with Crippen molar-refractivity contribution >= 4 is 28.9 Å². The van der Waals surface area contributed by atoms with E-state index in [0.29, 0.717) is 11.3 Å². The number of nitro groups is 1. The van der Waals surface area contributed by atoms with Gasteiger partial charge in [0.05, 0.1) is 10.5 Å². The average molecular weight is 368 g/mol. The molecule has 1 fully saturated rings. The van der Waals surface area contributed by atoms with Crippen LogP contribution in [0.4, 0.5) is 4.79 Å². The molecule has 134 valence electrons. The van der Waals surface area contributed by atoms with Crippen LogP contribution in [0.15, 0.2) is 24.3 Å². The molecule has 0 radical (unpaired) electrons. The summed E-state index contributed by atoms with van der Waals surface area (Å²) in [7, 11) is 0. The van der Waals surface area contributed by atoms with E-state index in [4.69, 9.17) is 0 Å². The van der Waals surface area contributed by atoms with Crippen LogP contribution in [0.2, 0.25) is 0 Å².